The predicted octanol–water partition coefficient (Wildman–Crippen LogP) is 7.12. The van der Waals surface area contributed by atoms with Crippen molar-refractivity contribution in [1.29, 1.82) is 0 Å². The van der Waals surface area contributed by atoms with E-state index < -0.39 is 5.41 Å². The zero-order chi connectivity index (χ0) is 23.7. The number of anilines is 1. The van der Waals surface area contributed by atoms with Gasteiger partial charge in [-0.2, -0.15) is 0 Å². The predicted molar refractivity (Wildman–Crippen MR) is 147 cm³/mol. The van der Waals surface area contributed by atoms with Gasteiger partial charge in [0.2, 0.25) is 5.91 Å². The summed E-state index contributed by atoms with van der Waals surface area (Å²) in [6.45, 7) is 5.64. The lowest BCUT2D eigenvalue weighted by molar-refractivity contribution is -0.124. The number of thiazole rings is 1. The van der Waals surface area contributed by atoms with Crippen LogP contribution in [-0.2, 0) is 16.8 Å². The monoisotopic (exact) mass is 528 g/mol. The van der Waals surface area contributed by atoms with Crippen molar-refractivity contribution < 1.29 is 4.79 Å². The molecule has 0 bridgehead atoms. The molecule has 0 aliphatic heterocycles. The molecule has 184 valence electrons. The van der Waals surface area contributed by atoms with Crippen molar-refractivity contribution in [2.24, 2.45) is 0 Å². The maximum absolute atomic E-state index is 14.4. The lowest BCUT2D eigenvalue weighted by atomic mass is 9.77. The third kappa shape index (κ3) is 4.97. The lowest BCUT2D eigenvalue weighted by Crippen LogP contribution is -2.46. The molecule has 4 aromatic rings. The summed E-state index contributed by atoms with van der Waals surface area (Å²) in [6, 6.07) is 12.1. The summed E-state index contributed by atoms with van der Waals surface area (Å²) in [5, 5.41) is 1.48. The van der Waals surface area contributed by atoms with Crippen LogP contribution >= 0.6 is 35.3 Å². The number of halogens is 2. The Hall–Kier alpha value is -2.41. The van der Waals surface area contributed by atoms with Crippen molar-refractivity contribution in [2.75, 3.05) is 11.4 Å². The van der Waals surface area contributed by atoms with E-state index in [0.29, 0.717) is 11.6 Å². The molecule has 5 rings (SSSR count). The smallest absolute Gasteiger partial charge is 0.239 e. The minimum absolute atomic E-state index is 0. The molecule has 2 aromatic heterocycles. The maximum atomic E-state index is 14.4. The van der Waals surface area contributed by atoms with Crippen LogP contribution in [-0.4, -0.2) is 27.0 Å². The summed E-state index contributed by atoms with van der Waals surface area (Å²) >= 11 is 7.79. The fourth-order valence-electron chi connectivity index (χ4n) is 5.08. The largest absolute Gasteiger partial charge is 0.337 e. The quantitative estimate of drug-likeness (QED) is 0.256. The van der Waals surface area contributed by atoms with Gasteiger partial charge in [-0.1, -0.05) is 54.0 Å². The number of hydrogen-bond donors (Lipinski definition) is 0. The van der Waals surface area contributed by atoms with Gasteiger partial charge in [-0.05, 0) is 68.0 Å². The van der Waals surface area contributed by atoms with Gasteiger partial charge >= 0.3 is 0 Å². The van der Waals surface area contributed by atoms with E-state index in [0.717, 1.165) is 59.6 Å². The molecule has 1 saturated carbocycles. The first-order chi connectivity index (χ1) is 16.5. The average Bonchev–Trinajstić information content (AvgIpc) is 3.61. The van der Waals surface area contributed by atoms with Crippen LogP contribution in [0.2, 0.25) is 5.02 Å². The number of hydrogen-bond acceptors (Lipinski definition) is 4. The third-order valence-electron chi connectivity index (χ3n) is 7.17. The number of imidazole rings is 1. The van der Waals surface area contributed by atoms with Gasteiger partial charge < -0.3 is 4.57 Å². The van der Waals surface area contributed by atoms with Gasteiger partial charge in [0, 0.05) is 30.5 Å². The topological polar surface area (TPSA) is 51.0 Å². The number of carbonyl (C=O) groups is 1. The number of fused-ring (bicyclic) bond motifs is 1. The molecule has 1 fully saturated rings. The molecule has 0 unspecified atom stereocenters. The zero-order valence-corrected chi connectivity index (χ0v) is 22.4. The summed E-state index contributed by atoms with van der Waals surface area (Å²) in [5.74, 6) is 0.159. The van der Waals surface area contributed by atoms with Gasteiger partial charge in [0.25, 0.3) is 0 Å². The van der Waals surface area contributed by atoms with Crippen LogP contribution in [0.3, 0.4) is 0 Å². The molecule has 1 aliphatic carbocycles. The second-order valence-corrected chi connectivity index (χ2v) is 10.7. The molecule has 5 nitrogen and oxygen atoms in total. The highest BCUT2D eigenvalue weighted by Crippen LogP contribution is 2.44. The van der Waals surface area contributed by atoms with Crippen molar-refractivity contribution in [2.45, 2.75) is 57.9 Å². The molecule has 0 spiro atoms. The summed E-state index contributed by atoms with van der Waals surface area (Å²) in [4.78, 5) is 25.5. The van der Waals surface area contributed by atoms with Crippen LogP contribution in [0.4, 0.5) is 5.13 Å². The van der Waals surface area contributed by atoms with E-state index in [1.54, 1.807) is 17.5 Å². The van der Waals surface area contributed by atoms with Crippen LogP contribution in [0.1, 0.15) is 48.8 Å². The molecular weight excluding hydrogens is 499 g/mol. The Morgan fingerprint density at radius 2 is 1.89 bits per heavy atom. The van der Waals surface area contributed by atoms with Crippen LogP contribution in [0.25, 0.3) is 10.2 Å². The second kappa shape index (κ2) is 10.7. The van der Waals surface area contributed by atoms with Gasteiger partial charge in [0.1, 0.15) is 0 Å². The maximum Gasteiger partial charge on any atom is 0.239 e. The van der Waals surface area contributed by atoms with Gasteiger partial charge in [-0.15, -0.1) is 12.4 Å². The highest BCUT2D eigenvalue weighted by Gasteiger charge is 2.45. The minimum Gasteiger partial charge on any atom is -0.337 e. The van der Waals surface area contributed by atoms with Crippen molar-refractivity contribution in [3.8, 4) is 0 Å². The van der Waals surface area contributed by atoms with Gasteiger partial charge in [-0.25, -0.2) is 9.97 Å². The first-order valence-corrected chi connectivity index (χ1v) is 13.1. The van der Waals surface area contributed by atoms with Crippen LogP contribution in [0.5, 0.6) is 0 Å². The fourth-order valence-corrected chi connectivity index (χ4v) is 6.25. The average molecular weight is 530 g/mol. The number of amides is 1. The Bertz CT molecular complexity index is 1290. The molecular formula is C27H30Cl2N4OS. The number of aryl methyl sites for hydroxylation is 3. The Morgan fingerprint density at radius 3 is 2.57 bits per heavy atom. The minimum atomic E-state index is -0.525. The van der Waals surface area contributed by atoms with Crippen LogP contribution < -0.4 is 4.90 Å². The van der Waals surface area contributed by atoms with E-state index in [4.69, 9.17) is 16.6 Å². The SMILES string of the molecule is Cc1ccc2sc(N(CCCn3ccnc3)C(=O)C3(c4ccc(Cl)cc4)CCCC3)nc2c1C.Cl. The van der Waals surface area contributed by atoms with Crippen molar-refractivity contribution in [1.82, 2.24) is 14.5 Å². The second-order valence-electron chi connectivity index (χ2n) is 9.26. The number of rotatable bonds is 7. The van der Waals surface area contributed by atoms with E-state index in [-0.39, 0.29) is 18.3 Å². The first-order valence-electron chi connectivity index (χ1n) is 11.9. The molecule has 2 heterocycles. The lowest BCUT2D eigenvalue weighted by Gasteiger charge is -2.34. The normalized spacial score (nSPS) is 14.7. The molecule has 0 N–H and O–H groups in total. The van der Waals surface area contributed by atoms with E-state index in [2.05, 4.69) is 35.5 Å². The van der Waals surface area contributed by atoms with E-state index in [1.165, 1.54) is 11.1 Å². The molecule has 2 aromatic carbocycles. The molecule has 0 radical (unpaired) electrons. The van der Waals surface area contributed by atoms with E-state index >= 15 is 0 Å². The van der Waals surface area contributed by atoms with Crippen molar-refractivity contribution in [3.05, 3.63) is 76.8 Å². The van der Waals surface area contributed by atoms with Gasteiger partial charge in [0.15, 0.2) is 5.13 Å². The number of nitrogens with zero attached hydrogens (tertiary/aromatic N) is 4. The molecule has 8 heteroatoms. The van der Waals surface area contributed by atoms with E-state index in [1.807, 2.05) is 41.7 Å². The zero-order valence-electron chi connectivity index (χ0n) is 20.0. The summed E-state index contributed by atoms with van der Waals surface area (Å²) in [7, 11) is 0. The summed E-state index contributed by atoms with van der Waals surface area (Å²) in [5.41, 5.74) is 3.93. The Balaban J connectivity index is 0.00000289. The van der Waals surface area contributed by atoms with Gasteiger partial charge in [-0.3, -0.25) is 9.69 Å². The Labute approximate surface area is 221 Å². The molecule has 35 heavy (non-hydrogen) atoms. The van der Waals surface area contributed by atoms with Gasteiger partial charge in [0.05, 0.1) is 22.0 Å². The molecule has 1 aliphatic rings. The summed E-state index contributed by atoms with van der Waals surface area (Å²) in [6.07, 6.45) is 10.2. The Morgan fingerprint density at radius 1 is 1.14 bits per heavy atom. The molecule has 0 atom stereocenters. The Kier molecular flexibility index (Phi) is 7.84. The molecule has 1 amide bonds. The highest BCUT2D eigenvalue weighted by atomic mass is 35.5. The first kappa shape index (κ1) is 25.7. The summed E-state index contributed by atoms with van der Waals surface area (Å²) < 4.78 is 3.18. The number of carbonyl (C=O) groups excluding carboxylic acids is 1. The van der Waals surface area contributed by atoms with E-state index in [9.17, 15) is 4.79 Å². The van der Waals surface area contributed by atoms with Crippen LogP contribution in [0.15, 0.2) is 55.1 Å². The van der Waals surface area contributed by atoms with Crippen molar-refractivity contribution in [3.63, 3.8) is 0 Å². The fraction of sp³-hybridized carbons (Fsp3) is 0.370. The standard InChI is InChI=1S/C27H29ClN4OS.ClH/c1-19-6-11-23-24(20(19)2)30-26(34-23)32(16-5-15-31-17-14-29-18-31)25(33)27(12-3-4-13-27)21-7-9-22(28)10-8-21;/h6-11,14,17-18H,3-5,12-13,15-16H2,1-2H3;1H. The number of benzene rings is 2. The van der Waals surface area contributed by atoms with Crippen molar-refractivity contribution >= 4 is 56.6 Å². The highest BCUT2D eigenvalue weighted by molar-refractivity contribution is 7.22. The number of aromatic nitrogens is 3. The third-order valence-corrected chi connectivity index (χ3v) is 8.47. The molecule has 0 saturated heterocycles. The van der Waals surface area contributed by atoms with Crippen LogP contribution in [0, 0.1) is 13.8 Å².